The minimum absolute atomic E-state index is 0.247. The lowest BCUT2D eigenvalue weighted by molar-refractivity contribution is 0.384. The predicted octanol–water partition coefficient (Wildman–Crippen LogP) is 4.36. The third kappa shape index (κ3) is 3.56. The second kappa shape index (κ2) is 6.60. The van der Waals surface area contributed by atoms with Crippen LogP contribution in [0.5, 0.6) is 0 Å². The monoisotopic (exact) mass is 311 g/mol. The zero-order valence-electron chi connectivity index (χ0n) is 13.1. The Balaban J connectivity index is 1.69. The Morgan fingerprint density at radius 1 is 1.13 bits per heavy atom. The molecule has 0 saturated heterocycles. The van der Waals surface area contributed by atoms with Gasteiger partial charge in [0, 0.05) is 11.3 Å². The molecular weight excluding hydrogens is 293 g/mol. The SMILES string of the molecule is CCc1ccc(-c2noc(CNc3ccc(F)cc3C)n2)cc1. The van der Waals surface area contributed by atoms with Crippen molar-refractivity contribution in [3.63, 3.8) is 0 Å². The molecule has 0 aliphatic heterocycles. The first-order chi connectivity index (χ1) is 11.2. The summed E-state index contributed by atoms with van der Waals surface area (Å²) in [5, 5.41) is 7.18. The number of benzene rings is 2. The average Bonchev–Trinajstić information content (AvgIpc) is 3.03. The zero-order valence-corrected chi connectivity index (χ0v) is 13.1. The van der Waals surface area contributed by atoms with E-state index in [1.54, 1.807) is 6.07 Å². The Bertz CT molecular complexity index is 796. The molecule has 4 nitrogen and oxygen atoms in total. The number of anilines is 1. The zero-order chi connectivity index (χ0) is 16.2. The summed E-state index contributed by atoms with van der Waals surface area (Å²) in [7, 11) is 0. The maximum atomic E-state index is 13.1. The summed E-state index contributed by atoms with van der Waals surface area (Å²) in [5.41, 5.74) is 3.87. The molecule has 5 heteroatoms. The van der Waals surface area contributed by atoms with E-state index in [1.165, 1.54) is 17.7 Å². The molecule has 0 amide bonds. The van der Waals surface area contributed by atoms with Gasteiger partial charge in [-0.2, -0.15) is 4.98 Å². The maximum absolute atomic E-state index is 13.1. The van der Waals surface area contributed by atoms with Crippen molar-refractivity contribution in [3.8, 4) is 11.4 Å². The number of nitrogens with one attached hydrogen (secondary N) is 1. The van der Waals surface area contributed by atoms with E-state index < -0.39 is 0 Å². The molecule has 0 atom stereocenters. The molecule has 0 spiro atoms. The predicted molar refractivity (Wildman–Crippen MR) is 87.6 cm³/mol. The number of aryl methyl sites for hydroxylation is 2. The lowest BCUT2D eigenvalue weighted by Crippen LogP contribution is -2.01. The van der Waals surface area contributed by atoms with Crippen molar-refractivity contribution >= 4 is 5.69 Å². The van der Waals surface area contributed by atoms with Gasteiger partial charge in [-0.25, -0.2) is 4.39 Å². The van der Waals surface area contributed by atoms with Gasteiger partial charge >= 0.3 is 0 Å². The van der Waals surface area contributed by atoms with Gasteiger partial charge in [-0.3, -0.25) is 0 Å². The molecule has 118 valence electrons. The van der Waals surface area contributed by atoms with Crippen LogP contribution in [-0.4, -0.2) is 10.1 Å². The molecule has 1 N–H and O–H groups in total. The highest BCUT2D eigenvalue weighted by molar-refractivity contribution is 5.55. The van der Waals surface area contributed by atoms with Gasteiger partial charge in [0.15, 0.2) is 0 Å². The second-order valence-corrected chi connectivity index (χ2v) is 5.37. The van der Waals surface area contributed by atoms with E-state index in [-0.39, 0.29) is 5.82 Å². The van der Waals surface area contributed by atoms with Crippen molar-refractivity contribution in [1.82, 2.24) is 10.1 Å². The van der Waals surface area contributed by atoms with Crippen LogP contribution in [0.25, 0.3) is 11.4 Å². The van der Waals surface area contributed by atoms with E-state index in [1.807, 2.05) is 19.1 Å². The molecule has 3 rings (SSSR count). The molecule has 2 aromatic carbocycles. The van der Waals surface area contributed by atoms with Crippen molar-refractivity contribution in [2.45, 2.75) is 26.8 Å². The first kappa shape index (κ1) is 15.2. The quantitative estimate of drug-likeness (QED) is 0.760. The highest BCUT2D eigenvalue weighted by Crippen LogP contribution is 2.19. The molecule has 3 aromatic rings. The van der Waals surface area contributed by atoms with Crippen molar-refractivity contribution in [3.05, 3.63) is 65.3 Å². The summed E-state index contributed by atoms with van der Waals surface area (Å²) >= 11 is 0. The topological polar surface area (TPSA) is 51.0 Å². The Morgan fingerprint density at radius 3 is 2.61 bits per heavy atom. The Kier molecular flexibility index (Phi) is 4.37. The second-order valence-electron chi connectivity index (χ2n) is 5.37. The first-order valence-corrected chi connectivity index (χ1v) is 7.57. The molecule has 0 radical (unpaired) electrons. The maximum Gasteiger partial charge on any atom is 0.246 e. The molecule has 0 aliphatic rings. The van der Waals surface area contributed by atoms with Gasteiger partial charge in [0.1, 0.15) is 5.82 Å². The molecule has 1 aromatic heterocycles. The fourth-order valence-electron chi connectivity index (χ4n) is 2.33. The highest BCUT2D eigenvalue weighted by Gasteiger charge is 2.09. The largest absolute Gasteiger partial charge is 0.376 e. The molecule has 0 saturated carbocycles. The molecule has 0 bridgehead atoms. The van der Waals surface area contributed by atoms with E-state index in [4.69, 9.17) is 4.52 Å². The van der Waals surface area contributed by atoms with Crippen molar-refractivity contribution in [2.75, 3.05) is 5.32 Å². The first-order valence-electron chi connectivity index (χ1n) is 7.57. The van der Waals surface area contributed by atoms with Crippen molar-refractivity contribution in [2.24, 2.45) is 0 Å². The standard InChI is InChI=1S/C18H18FN3O/c1-3-13-4-6-14(7-5-13)18-21-17(23-22-18)11-20-16-9-8-15(19)10-12(16)2/h4-10,20H,3,11H2,1-2H3. The molecule has 0 aliphatic carbocycles. The van der Waals surface area contributed by atoms with Crippen LogP contribution >= 0.6 is 0 Å². The van der Waals surface area contributed by atoms with Crippen molar-refractivity contribution in [1.29, 1.82) is 0 Å². The van der Waals surface area contributed by atoms with E-state index in [0.717, 1.165) is 23.2 Å². The van der Waals surface area contributed by atoms with Gasteiger partial charge in [-0.05, 0) is 42.7 Å². The van der Waals surface area contributed by atoms with Gasteiger partial charge < -0.3 is 9.84 Å². The molecule has 0 fully saturated rings. The van der Waals surface area contributed by atoms with Crippen LogP contribution < -0.4 is 5.32 Å². The smallest absolute Gasteiger partial charge is 0.246 e. The number of rotatable bonds is 5. The molecule has 1 heterocycles. The lowest BCUT2D eigenvalue weighted by Gasteiger charge is -2.06. The highest BCUT2D eigenvalue weighted by atomic mass is 19.1. The summed E-state index contributed by atoms with van der Waals surface area (Å²) in [5.74, 6) is 0.812. The van der Waals surface area contributed by atoms with Gasteiger partial charge in [-0.15, -0.1) is 0 Å². The van der Waals surface area contributed by atoms with Gasteiger partial charge in [0.05, 0.1) is 6.54 Å². The van der Waals surface area contributed by atoms with Gasteiger partial charge in [0.2, 0.25) is 11.7 Å². The van der Waals surface area contributed by atoms with Gasteiger partial charge in [-0.1, -0.05) is 36.3 Å². The van der Waals surface area contributed by atoms with Crippen LogP contribution in [0.1, 0.15) is 23.9 Å². The van der Waals surface area contributed by atoms with E-state index >= 15 is 0 Å². The third-order valence-corrected chi connectivity index (χ3v) is 3.71. The van der Waals surface area contributed by atoms with E-state index in [2.05, 4.69) is 34.5 Å². The Labute approximate surface area is 134 Å². The summed E-state index contributed by atoms with van der Waals surface area (Å²) in [4.78, 5) is 4.38. The summed E-state index contributed by atoms with van der Waals surface area (Å²) < 4.78 is 18.4. The van der Waals surface area contributed by atoms with Crippen LogP contribution in [-0.2, 0) is 13.0 Å². The molecule has 0 unspecified atom stereocenters. The average molecular weight is 311 g/mol. The van der Waals surface area contributed by atoms with Gasteiger partial charge in [0.25, 0.3) is 0 Å². The minimum atomic E-state index is -0.247. The number of hydrogen-bond donors (Lipinski definition) is 1. The lowest BCUT2D eigenvalue weighted by atomic mass is 10.1. The van der Waals surface area contributed by atoms with E-state index in [0.29, 0.717) is 18.3 Å². The minimum Gasteiger partial charge on any atom is -0.376 e. The number of halogens is 1. The molecular formula is C18H18FN3O. The van der Waals surface area contributed by atoms with Crippen LogP contribution in [0.4, 0.5) is 10.1 Å². The number of nitrogens with zero attached hydrogens (tertiary/aromatic N) is 2. The van der Waals surface area contributed by atoms with Crippen LogP contribution in [0, 0.1) is 12.7 Å². The fraction of sp³-hybridized carbons (Fsp3) is 0.222. The van der Waals surface area contributed by atoms with Crippen LogP contribution in [0.15, 0.2) is 47.0 Å². The van der Waals surface area contributed by atoms with Crippen LogP contribution in [0.2, 0.25) is 0 Å². The summed E-state index contributed by atoms with van der Waals surface area (Å²) in [6, 6.07) is 12.7. The Hall–Kier alpha value is -2.69. The number of hydrogen-bond acceptors (Lipinski definition) is 4. The Morgan fingerprint density at radius 2 is 1.91 bits per heavy atom. The summed E-state index contributed by atoms with van der Waals surface area (Å²) in [6.45, 7) is 4.36. The van der Waals surface area contributed by atoms with Crippen LogP contribution in [0.3, 0.4) is 0 Å². The summed E-state index contributed by atoms with van der Waals surface area (Å²) in [6.07, 6.45) is 0.999. The number of aromatic nitrogens is 2. The fourth-order valence-corrected chi connectivity index (χ4v) is 2.33. The third-order valence-electron chi connectivity index (χ3n) is 3.71. The normalized spacial score (nSPS) is 10.7. The van der Waals surface area contributed by atoms with E-state index in [9.17, 15) is 4.39 Å². The van der Waals surface area contributed by atoms with Crippen molar-refractivity contribution < 1.29 is 8.91 Å². The molecule has 23 heavy (non-hydrogen) atoms.